The second-order valence-corrected chi connectivity index (χ2v) is 5.84. The monoisotopic (exact) mass is 297 g/mol. The molecule has 1 aliphatic rings. The van der Waals surface area contributed by atoms with E-state index >= 15 is 0 Å². The number of nitrogens with two attached hydrogens (primary N) is 2. The molecule has 0 radical (unpaired) electrons. The minimum absolute atomic E-state index is 0.0547. The highest BCUT2D eigenvalue weighted by Gasteiger charge is 2.24. The van der Waals surface area contributed by atoms with Crippen LogP contribution in [-0.2, 0) is 11.2 Å². The first-order chi connectivity index (χ1) is 9.54. The molecular formula is C12H19N5O2S. The lowest BCUT2D eigenvalue weighted by Gasteiger charge is -2.32. The van der Waals surface area contributed by atoms with Gasteiger partial charge in [0.2, 0.25) is 5.91 Å². The molecule has 2 rings (SSSR count). The predicted octanol–water partition coefficient (Wildman–Crippen LogP) is 0.175. The van der Waals surface area contributed by atoms with Crippen LogP contribution in [0.1, 0.15) is 18.5 Å². The van der Waals surface area contributed by atoms with Gasteiger partial charge in [-0.25, -0.2) is 9.78 Å². The first-order valence-electron chi connectivity index (χ1n) is 6.55. The molecule has 1 unspecified atom stereocenters. The SMILES string of the molecule is NC(=O)NCC1CCCN(C(=O)Cc2csc(N)n2)C1. The molecule has 1 fully saturated rings. The van der Waals surface area contributed by atoms with Gasteiger partial charge in [-0.3, -0.25) is 4.79 Å². The number of amides is 3. The van der Waals surface area contributed by atoms with Gasteiger partial charge < -0.3 is 21.7 Å². The number of rotatable bonds is 4. The molecule has 0 bridgehead atoms. The summed E-state index contributed by atoms with van der Waals surface area (Å²) in [6.07, 6.45) is 2.22. The Morgan fingerprint density at radius 2 is 2.35 bits per heavy atom. The van der Waals surface area contributed by atoms with Crippen molar-refractivity contribution in [1.82, 2.24) is 15.2 Å². The summed E-state index contributed by atoms with van der Waals surface area (Å²) in [5.74, 6) is 0.319. The van der Waals surface area contributed by atoms with Gasteiger partial charge in [-0.05, 0) is 18.8 Å². The van der Waals surface area contributed by atoms with Crippen LogP contribution in [0.5, 0.6) is 0 Å². The van der Waals surface area contributed by atoms with Crippen molar-refractivity contribution in [3.63, 3.8) is 0 Å². The summed E-state index contributed by atoms with van der Waals surface area (Å²) in [6.45, 7) is 1.92. The van der Waals surface area contributed by atoms with E-state index in [1.807, 2.05) is 10.3 Å². The molecule has 1 aromatic rings. The molecule has 20 heavy (non-hydrogen) atoms. The molecule has 7 nitrogen and oxygen atoms in total. The molecule has 3 amide bonds. The Hall–Kier alpha value is -1.83. The second-order valence-electron chi connectivity index (χ2n) is 4.95. The van der Waals surface area contributed by atoms with E-state index in [4.69, 9.17) is 11.5 Å². The first kappa shape index (κ1) is 14.6. The van der Waals surface area contributed by atoms with E-state index in [1.54, 1.807) is 0 Å². The van der Waals surface area contributed by atoms with Gasteiger partial charge in [0.15, 0.2) is 5.13 Å². The maximum absolute atomic E-state index is 12.2. The zero-order valence-corrected chi connectivity index (χ0v) is 12.0. The quantitative estimate of drug-likeness (QED) is 0.735. The smallest absolute Gasteiger partial charge is 0.312 e. The number of piperidine rings is 1. The van der Waals surface area contributed by atoms with Crippen LogP contribution in [0.2, 0.25) is 0 Å². The second kappa shape index (κ2) is 6.56. The van der Waals surface area contributed by atoms with E-state index in [0.29, 0.717) is 18.2 Å². The lowest BCUT2D eigenvalue weighted by atomic mass is 9.97. The highest BCUT2D eigenvalue weighted by atomic mass is 32.1. The third-order valence-corrected chi connectivity index (χ3v) is 4.06. The Kier molecular flexibility index (Phi) is 4.78. The van der Waals surface area contributed by atoms with Crippen LogP contribution in [-0.4, -0.2) is 41.5 Å². The molecule has 0 spiro atoms. The zero-order chi connectivity index (χ0) is 14.5. The summed E-state index contributed by atoms with van der Waals surface area (Å²) in [7, 11) is 0. The number of nitrogens with zero attached hydrogens (tertiary/aromatic N) is 2. The van der Waals surface area contributed by atoms with Crippen LogP contribution in [0.25, 0.3) is 0 Å². The lowest BCUT2D eigenvalue weighted by molar-refractivity contribution is -0.132. The van der Waals surface area contributed by atoms with E-state index in [1.165, 1.54) is 11.3 Å². The number of thiazole rings is 1. The number of primary amides is 1. The third-order valence-electron chi connectivity index (χ3n) is 3.34. The van der Waals surface area contributed by atoms with Gasteiger partial charge >= 0.3 is 6.03 Å². The summed E-state index contributed by atoms with van der Waals surface area (Å²) in [5.41, 5.74) is 11.3. The minimum atomic E-state index is -0.522. The average molecular weight is 297 g/mol. The number of aromatic nitrogens is 1. The normalized spacial score (nSPS) is 18.8. The molecule has 0 saturated carbocycles. The number of anilines is 1. The number of hydrogen-bond acceptors (Lipinski definition) is 5. The van der Waals surface area contributed by atoms with Crippen LogP contribution >= 0.6 is 11.3 Å². The Morgan fingerprint density at radius 1 is 1.55 bits per heavy atom. The number of nitrogens with one attached hydrogen (secondary N) is 1. The molecule has 110 valence electrons. The maximum Gasteiger partial charge on any atom is 0.312 e. The van der Waals surface area contributed by atoms with E-state index in [-0.39, 0.29) is 18.2 Å². The van der Waals surface area contributed by atoms with Crippen LogP contribution in [0.4, 0.5) is 9.93 Å². The molecule has 5 N–H and O–H groups in total. The lowest BCUT2D eigenvalue weighted by Crippen LogP contribution is -2.45. The van der Waals surface area contributed by atoms with Crippen LogP contribution in [0, 0.1) is 5.92 Å². The average Bonchev–Trinajstić information content (AvgIpc) is 2.82. The van der Waals surface area contributed by atoms with E-state index in [2.05, 4.69) is 10.3 Å². The number of nitrogen functional groups attached to an aromatic ring is 1. The van der Waals surface area contributed by atoms with E-state index in [0.717, 1.165) is 25.1 Å². The van der Waals surface area contributed by atoms with Gasteiger partial charge in [0.25, 0.3) is 0 Å². The fourth-order valence-corrected chi connectivity index (χ4v) is 2.94. The Morgan fingerprint density at radius 3 is 3.00 bits per heavy atom. The number of hydrogen-bond donors (Lipinski definition) is 3. The number of carbonyl (C=O) groups is 2. The van der Waals surface area contributed by atoms with Crippen molar-refractivity contribution in [2.24, 2.45) is 11.7 Å². The molecule has 2 heterocycles. The summed E-state index contributed by atoms with van der Waals surface area (Å²) >= 11 is 1.34. The maximum atomic E-state index is 12.2. The summed E-state index contributed by atoms with van der Waals surface area (Å²) < 4.78 is 0. The Balaban J connectivity index is 1.84. The minimum Gasteiger partial charge on any atom is -0.375 e. The summed E-state index contributed by atoms with van der Waals surface area (Å²) in [4.78, 5) is 28.8. The fourth-order valence-electron chi connectivity index (χ4n) is 2.37. The molecule has 8 heteroatoms. The number of carbonyl (C=O) groups excluding carboxylic acids is 2. The molecule has 1 aliphatic heterocycles. The molecule has 0 aliphatic carbocycles. The molecule has 1 saturated heterocycles. The molecular weight excluding hydrogens is 278 g/mol. The topological polar surface area (TPSA) is 114 Å². The molecule has 1 aromatic heterocycles. The first-order valence-corrected chi connectivity index (χ1v) is 7.43. The van der Waals surface area contributed by atoms with Crippen molar-refractivity contribution >= 4 is 28.4 Å². The van der Waals surface area contributed by atoms with Gasteiger partial charge in [0.1, 0.15) is 0 Å². The van der Waals surface area contributed by atoms with Gasteiger partial charge in [-0.2, -0.15) is 0 Å². The summed E-state index contributed by atoms with van der Waals surface area (Å²) in [5, 5.41) is 4.89. The standard InChI is InChI=1S/C12H19N5O2S/c13-11(19)15-5-8-2-1-3-17(6-8)10(18)4-9-7-20-12(14)16-9/h7-8H,1-6H2,(H2,14,16)(H3,13,15,19). The van der Waals surface area contributed by atoms with Gasteiger partial charge in [-0.1, -0.05) is 0 Å². The van der Waals surface area contributed by atoms with Gasteiger partial charge in [0.05, 0.1) is 12.1 Å². The highest BCUT2D eigenvalue weighted by molar-refractivity contribution is 7.13. The Labute approximate surface area is 121 Å². The molecule has 0 aromatic carbocycles. The van der Waals surface area contributed by atoms with Crippen molar-refractivity contribution < 1.29 is 9.59 Å². The fraction of sp³-hybridized carbons (Fsp3) is 0.583. The van der Waals surface area contributed by atoms with Crippen LogP contribution < -0.4 is 16.8 Å². The van der Waals surface area contributed by atoms with Crippen molar-refractivity contribution in [2.75, 3.05) is 25.4 Å². The van der Waals surface area contributed by atoms with Crippen molar-refractivity contribution in [1.29, 1.82) is 0 Å². The largest absolute Gasteiger partial charge is 0.375 e. The van der Waals surface area contributed by atoms with Gasteiger partial charge in [-0.15, -0.1) is 11.3 Å². The van der Waals surface area contributed by atoms with Crippen molar-refractivity contribution in [3.8, 4) is 0 Å². The Bertz CT molecular complexity index is 490. The zero-order valence-electron chi connectivity index (χ0n) is 11.2. The summed E-state index contributed by atoms with van der Waals surface area (Å²) in [6, 6.07) is -0.522. The van der Waals surface area contributed by atoms with E-state index in [9.17, 15) is 9.59 Å². The molecule has 1 atom stereocenters. The predicted molar refractivity (Wildman–Crippen MR) is 77.1 cm³/mol. The third kappa shape index (κ3) is 4.09. The van der Waals surface area contributed by atoms with Crippen molar-refractivity contribution in [3.05, 3.63) is 11.1 Å². The van der Waals surface area contributed by atoms with E-state index < -0.39 is 6.03 Å². The van der Waals surface area contributed by atoms with Gasteiger partial charge in [0, 0.05) is 25.0 Å². The van der Waals surface area contributed by atoms with Crippen LogP contribution in [0.15, 0.2) is 5.38 Å². The van der Waals surface area contributed by atoms with Crippen molar-refractivity contribution in [2.45, 2.75) is 19.3 Å². The highest BCUT2D eigenvalue weighted by Crippen LogP contribution is 2.18. The number of likely N-dealkylation sites (tertiary alicyclic amines) is 1. The number of urea groups is 1. The van der Waals surface area contributed by atoms with Crippen LogP contribution in [0.3, 0.4) is 0 Å².